The first kappa shape index (κ1) is 22.2. The Kier molecular flexibility index (Phi) is 5.37. The lowest BCUT2D eigenvalue weighted by Crippen LogP contribution is -2.49. The van der Waals surface area contributed by atoms with Crippen LogP contribution in [0.5, 0.6) is 5.75 Å². The molecule has 2 atom stereocenters. The van der Waals surface area contributed by atoms with E-state index in [1.165, 1.54) is 46.0 Å². The fourth-order valence-electron chi connectivity index (χ4n) is 4.79. The standard InChI is InChI=1S/C22H19F3N2O4S2/c23-22(24,25)31-17-5-3-15(4-6-17)18-7-8-19(28)27-12-14-10-16(21(18)27)13-26(11-14)33(29,30)20-2-1-9-32-20/h1-9,14,16H,10-13H2/t14-,16+/m0/s1. The predicted octanol–water partition coefficient (Wildman–Crippen LogP) is 4.28. The van der Waals surface area contributed by atoms with E-state index in [2.05, 4.69) is 4.74 Å². The topological polar surface area (TPSA) is 68.6 Å². The lowest BCUT2D eigenvalue weighted by Gasteiger charge is -2.42. The second-order valence-corrected chi connectivity index (χ2v) is 11.3. The molecule has 2 aliphatic heterocycles. The molecular formula is C22H19F3N2O4S2. The van der Waals surface area contributed by atoms with Crippen molar-refractivity contribution in [2.75, 3.05) is 13.1 Å². The molecule has 3 aromatic rings. The van der Waals surface area contributed by atoms with Crippen LogP contribution < -0.4 is 10.3 Å². The molecule has 2 bridgehead atoms. The summed E-state index contributed by atoms with van der Waals surface area (Å²) < 4.78 is 71.1. The van der Waals surface area contributed by atoms with Crippen LogP contribution in [0.2, 0.25) is 0 Å². The molecule has 0 amide bonds. The van der Waals surface area contributed by atoms with Gasteiger partial charge in [-0.15, -0.1) is 24.5 Å². The lowest BCUT2D eigenvalue weighted by molar-refractivity contribution is -0.274. The highest BCUT2D eigenvalue weighted by Gasteiger charge is 2.41. The third-order valence-corrected chi connectivity index (χ3v) is 9.25. The lowest BCUT2D eigenvalue weighted by atomic mass is 9.81. The summed E-state index contributed by atoms with van der Waals surface area (Å²) in [6.07, 6.45) is -4.04. The normalized spacial score (nSPS) is 20.9. The van der Waals surface area contributed by atoms with Crippen molar-refractivity contribution in [3.05, 3.63) is 70.0 Å². The first-order valence-electron chi connectivity index (χ1n) is 10.3. The first-order chi connectivity index (χ1) is 15.6. The number of pyridine rings is 1. The molecule has 0 N–H and O–H groups in total. The zero-order chi connectivity index (χ0) is 23.4. The van der Waals surface area contributed by atoms with Gasteiger partial charge in [0.25, 0.3) is 15.6 Å². The summed E-state index contributed by atoms with van der Waals surface area (Å²) in [5.74, 6) is -0.539. The molecule has 0 saturated carbocycles. The Morgan fingerprint density at radius 3 is 2.42 bits per heavy atom. The number of hydrogen-bond acceptors (Lipinski definition) is 5. The van der Waals surface area contributed by atoms with Gasteiger partial charge in [-0.05, 0) is 47.5 Å². The van der Waals surface area contributed by atoms with Gasteiger partial charge in [0.05, 0.1) is 0 Å². The van der Waals surface area contributed by atoms with Crippen molar-refractivity contribution in [3.63, 3.8) is 0 Å². The molecule has 0 aliphatic carbocycles. The van der Waals surface area contributed by atoms with Gasteiger partial charge in [-0.3, -0.25) is 4.79 Å². The van der Waals surface area contributed by atoms with E-state index >= 15 is 0 Å². The third kappa shape index (κ3) is 4.20. The largest absolute Gasteiger partial charge is 0.573 e. The third-order valence-electron chi connectivity index (χ3n) is 6.04. The van der Waals surface area contributed by atoms with Gasteiger partial charge >= 0.3 is 6.36 Å². The monoisotopic (exact) mass is 496 g/mol. The van der Waals surface area contributed by atoms with Crippen LogP contribution in [-0.4, -0.2) is 36.7 Å². The van der Waals surface area contributed by atoms with Crippen LogP contribution >= 0.6 is 11.3 Å². The second-order valence-electron chi connectivity index (χ2n) is 8.21. The van der Waals surface area contributed by atoms with E-state index in [-0.39, 0.29) is 33.9 Å². The summed E-state index contributed by atoms with van der Waals surface area (Å²) in [5, 5.41) is 1.72. The van der Waals surface area contributed by atoms with E-state index in [0.29, 0.717) is 29.9 Å². The maximum Gasteiger partial charge on any atom is 0.573 e. The number of nitrogens with zero attached hydrogens (tertiary/aromatic N) is 2. The molecule has 11 heteroatoms. The Hall–Kier alpha value is -2.63. The minimum Gasteiger partial charge on any atom is -0.406 e. The molecule has 2 aromatic heterocycles. The molecule has 33 heavy (non-hydrogen) atoms. The molecule has 174 valence electrons. The molecule has 1 saturated heterocycles. The fourth-order valence-corrected chi connectivity index (χ4v) is 7.49. The second kappa shape index (κ2) is 8.00. The number of thiophene rings is 1. The Balaban J connectivity index is 1.52. The van der Waals surface area contributed by atoms with Crippen LogP contribution in [0.15, 0.2) is 62.9 Å². The minimum absolute atomic E-state index is 0.00139. The number of fused-ring (bicyclic) bond motifs is 4. The first-order valence-corrected chi connectivity index (χ1v) is 12.6. The Morgan fingerprint density at radius 2 is 1.76 bits per heavy atom. The van der Waals surface area contributed by atoms with E-state index < -0.39 is 16.4 Å². The summed E-state index contributed by atoms with van der Waals surface area (Å²) in [5.41, 5.74) is 1.88. The molecule has 2 aliphatic rings. The van der Waals surface area contributed by atoms with Gasteiger partial charge in [0.15, 0.2) is 0 Å². The van der Waals surface area contributed by atoms with Crippen molar-refractivity contribution in [1.82, 2.24) is 8.87 Å². The molecule has 5 rings (SSSR count). The average Bonchev–Trinajstić information content (AvgIpc) is 3.30. The number of benzene rings is 1. The molecule has 1 aromatic carbocycles. The summed E-state index contributed by atoms with van der Waals surface area (Å²) in [6, 6.07) is 11.9. The molecular weight excluding hydrogens is 477 g/mol. The number of piperidine rings is 1. The van der Waals surface area contributed by atoms with Crippen LogP contribution in [0.25, 0.3) is 11.1 Å². The fraction of sp³-hybridized carbons (Fsp3) is 0.318. The minimum atomic E-state index is -4.78. The highest BCUT2D eigenvalue weighted by atomic mass is 32.2. The SMILES string of the molecule is O=c1ccc(-c2ccc(OC(F)(F)F)cc2)c2n1C[C@H]1C[C@@H]2CN(S(=O)(=O)c2cccs2)C1. The number of alkyl halides is 3. The summed E-state index contributed by atoms with van der Waals surface area (Å²) in [4.78, 5) is 12.6. The summed E-state index contributed by atoms with van der Waals surface area (Å²) >= 11 is 1.17. The van der Waals surface area contributed by atoms with Crippen LogP contribution in [0.4, 0.5) is 13.2 Å². The van der Waals surface area contributed by atoms with Crippen LogP contribution in [0, 0.1) is 5.92 Å². The van der Waals surface area contributed by atoms with Crippen LogP contribution in [0.1, 0.15) is 18.0 Å². The van der Waals surface area contributed by atoms with Gasteiger partial charge in [0, 0.05) is 42.9 Å². The van der Waals surface area contributed by atoms with Gasteiger partial charge in [0.2, 0.25) is 0 Å². The average molecular weight is 497 g/mol. The number of hydrogen-bond donors (Lipinski definition) is 0. The van der Waals surface area contributed by atoms with Crippen molar-refractivity contribution < 1.29 is 26.3 Å². The van der Waals surface area contributed by atoms with E-state index in [9.17, 15) is 26.4 Å². The molecule has 1 fully saturated rings. The number of rotatable bonds is 4. The van der Waals surface area contributed by atoms with Gasteiger partial charge < -0.3 is 9.30 Å². The number of halogens is 3. The summed E-state index contributed by atoms with van der Waals surface area (Å²) in [7, 11) is -3.63. The molecule has 4 heterocycles. The van der Waals surface area contributed by atoms with Gasteiger partial charge in [-0.1, -0.05) is 18.2 Å². The Bertz CT molecular complexity index is 1330. The zero-order valence-electron chi connectivity index (χ0n) is 17.2. The van der Waals surface area contributed by atoms with E-state index in [0.717, 1.165) is 6.42 Å². The van der Waals surface area contributed by atoms with Gasteiger partial charge in [-0.2, -0.15) is 4.31 Å². The predicted molar refractivity (Wildman–Crippen MR) is 117 cm³/mol. The zero-order valence-corrected chi connectivity index (χ0v) is 18.8. The molecule has 0 spiro atoms. The van der Waals surface area contributed by atoms with Crippen molar-refractivity contribution in [2.45, 2.75) is 29.5 Å². The Morgan fingerprint density at radius 1 is 1.00 bits per heavy atom. The van der Waals surface area contributed by atoms with E-state index in [1.54, 1.807) is 28.1 Å². The number of aromatic nitrogens is 1. The van der Waals surface area contributed by atoms with Crippen molar-refractivity contribution in [2.24, 2.45) is 5.92 Å². The highest BCUT2D eigenvalue weighted by molar-refractivity contribution is 7.91. The van der Waals surface area contributed by atoms with Crippen LogP contribution in [-0.2, 0) is 16.6 Å². The van der Waals surface area contributed by atoms with E-state index in [4.69, 9.17) is 0 Å². The maximum atomic E-state index is 13.1. The van der Waals surface area contributed by atoms with Crippen molar-refractivity contribution >= 4 is 21.4 Å². The van der Waals surface area contributed by atoms with Crippen LogP contribution in [0.3, 0.4) is 0 Å². The van der Waals surface area contributed by atoms with Gasteiger partial charge in [0.1, 0.15) is 9.96 Å². The highest BCUT2D eigenvalue weighted by Crippen LogP contribution is 2.41. The van der Waals surface area contributed by atoms with E-state index in [1.807, 2.05) is 0 Å². The smallest absolute Gasteiger partial charge is 0.406 e. The van der Waals surface area contributed by atoms with Gasteiger partial charge in [-0.25, -0.2) is 8.42 Å². The maximum absolute atomic E-state index is 13.1. The molecule has 0 radical (unpaired) electrons. The quantitative estimate of drug-likeness (QED) is 0.541. The van der Waals surface area contributed by atoms with Crippen molar-refractivity contribution in [1.29, 1.82) is 0 Å². The number of ether oxygens (including phenoxy) is 1. The number of sulfonamides is 1. The molecule has 0 unspecified atom stereocenters. The molecule has 6 nitrogen and oxygen atoms in total. The Labute approximate surface area is 191 Å². The van der Waals surface area contributed by atoms with Crippen molar-refractivity contribution in [3.8, 4) is 16.9 Å². The summed E-state index contributed by atoms with van der Waals surface area (Å²) in [6.45, 7) is 0.975.